The first-order valence-electron chi connectivity index (χ1n) is 5.29. The van der Waals surface area contributed by atoms with E-state index < -0.39 is 22.8 Å². The molecule has 0 aromatic rings. The van der Waals surface area contributed by atoms with E-state index in [2.05, 4.69) is 10.6 Å². The average Bonchev–Trinajstić information content (AvgIpc) is 2.11. The molecule has 0 saturated carbocycles. The largest absolute Gasteiger partial charge is 0.480 e. The Bertz CT molecular complexity index is 329. The molecule has 2 amide bonds. The average molecular weight is 244 g/mol. The number of carbonyl (C=O) groups excluding carboxylic acids is 2. The summed E-state index contributed by atoms with van der Waals surface area (Å²) in [6.45, 7) is 7.69. The summed E-state index contributed by atoms with van der Waals surface area (Å²) in [7, 11) is 0. The lowest BCUT2D eigenvalue weighted by Crippen LogP contribution is -2.53. The monoisotopic (exact) mass is 244 g/mol. The number of hydrogen-bond donors (Lipinski definition) is 3. The SMILES string of the molecule is CC(C)(C)C(=O)NCC(=O)NC(C)(C)C(=O)O. The highest BCUT2D eigenvalue weighted by Gasteiger charge is 2.29. The van der Waals surface area contributed by atoms with E-state index in [4.69, 9.17) is 5.11 Å². The van der Waals surface area contributed by atoms with Crippen molar-refractivity contribution in [3.8, 4) is 0 Å². The lowest BCUT2D eigenvalue weighted by atomic mass is 9.96. The van der Waals surface area contributed by atoms with Crippen molar-refractivity contribution in [2.45, 2.75) is 40.2 Å². The Morgan fingerprint density at radius 3 is 1.88 bits per heavy atom. The van der Waals surface area contributed by atoms with Gasteiger partial charge in [0.2, 0.25) is 11.8 Å². The molecule has 0 aromatic carbocycles. The standard InChI is InChI=1S/C11H20N2O4/c1-10(2,3)8(15)12-6-7(14)13-11(4,5)9(16)17/h6H2,1-5H3,(H,12,15)(H,13,14)(H,16,17). The molecular weight excluding hydrogens is 224 g/mol. The van der Waals surface area contributed by atoms with Gasteiger partial charge in [-0.1, -0.05) is 20.8 Å². The van der Waals surface area contributed by atoms with Crippen LogP contribution < -0.4 is 10.6 Å². The van der Waals surface area contributed by atoms with Gasteiger partial charge in [-0.15, -0.1) is 0 Å². The van der Waals surface area contributed by atoms with E-state index in [0.717, 1.165) is 0 Å². The van der Waals surface area contributed by atoms with Crippen LogP contribution in [0.1, 0.15) is 34.6 Å². The molecule has 0 unspecified atom stereocenters. The van der Waals surface area contributed by atoms with Crippen LogP contribution in [0.15, 0.2) is 0 Å². The first-order valence-corrected chi connectivity index (χ1v) is 5.29. The molecular formula is C11H20N2O4. The van der Waals surface area contributed by atoms with Crippen LogP contribution in [0.5, 0.6) is 0 Å². The highest BCUT2D eigenvalue weighted by molar-refractivity contribution is 5.90. The summed E-state index contributed by atoms with van der Waals surface area (Å²) in [4.78, 5) is 33.6. The van der Waals surface area contributed by atoms with Crippen LogP contribution in [-0.2, 0) is 14.4 Å². The van der Waals surface area contributed by atoms with Crippen molar-refractivity contribution < 1.29 is 19.5 Å². The van der Waals surface area contributed by atoms with Crippen LogP contribution in [0, 0.1) is 5.41 Å². The number of carbonyl (C=O) groups is 3. The quantitative estimate of drug-likeness (QED) is 0.655. The Morgan fingerprint density at radius 1 is 1.06 bits per heavy atom. The molecule has 0 bridgehead atoms. The summed E-state index contributed by atoms with van der Waals surface area (Å²) in [5.41, 5.74) is -1.92. The number of rotatable bonds is 4. The third-order valence-electron chi connectivity index (χ3n) is 2.08. The number of aliphatic carboxylic acids is 1. The minimum Gasteiger partial charge on any atom is -0.480 e. The van der Waals surface area contributed by atoms with E-state index in [1.807, 2.05) is 0 Å². The zero-order chi connectivity index (χ0) is 13.9. The highest BCUT2D eigenvalue weighted by atomic mass is 16.4. The van der Waals surface area contributed by atoms with Crippen molar-refractivity contribution in [3.05, 3.63) is 0 Å². The van der Waals surface area contributed by atoms with Crippen LogP contribution in [0.2, 0.25) is 0 Å². The highest BCUT2D eigenvalue weighted by Crippen LogP contribution is 2.11. The number of carboxylic acid groups (broad SMARTS) is 1. The summed E-state index contributed by atoms with van der Waals surface area (Å²) in [5.74, 6) is -1.93. The number of hydrogen-bond acceptors (Lipinski definition) is 3. The van der Waals surface area contributed by atoms with Gasteiger partial charge in [0.05, 0.1) is 6.54 Å². The molecule has 0 saturated heterocycles. The Kier molecular flexibility index (Phi) is 4.68. The second-order valence-electron chi connectivity index (χ2n) is 5.41. The maximum atomic E-state index is 11.5. The van der Waals surface area contributed by atoms with Crippen molar-refractivity contribution in [1.29, 1.82) is 0 Å². The molecule has 0 spiro atoms. The van der Waals surface area contributed by atoms with Gasteiger partial charge in [-0.2, -0.15) is 0 Å². The number of carboxylic acids is 1. The van der Waals surface area contributed by atoms with Crippen molar-refractivity contribution >= 4 is 17.8 Å². The molecule has 98 valence electrons. The topological polar surface area (TPSA) is 95.5 Å². The molecule has 0 aromatic heterocycles. The predicted molar refractivity (Wildman–Crippen MR) is 62.3 cm³/mol. The van der Waals surface area contributed by atoms with Gasteiger partial charge in [-0.3, -0.25) is 9.59 Å². The number of amides is 2. The Labute approximate surface area is 101 Å². The summed E-state index contributed by atoms with van der Waals surface area (Å²) in [6, 6.07) is 0. The van der Waals surface area contributed by atoms with E-state index >= 15 is 0 Å². The van der Waals surface area contributed by atoms with Gasteiger partial charge in [-0.25, -0.2) is 4.79 Å². The smallest absolute Gasteiger partial charge is 0.328 e. The summed E-state index contributed by atoms with van der Waals surface area (Å²) in [6.07, 6.45) is 0. The minimum absolute atomic E-state index is 0.229. The summed E-state index contributed by atoms with van der Waals surface area (Å²) in [5, 5.41) is 13.5. The molecule has 6 heteroatoms. The third-order valence-corrected chi connectivity index (χ3v) is 2.08. The number of nitrogens with one attached hydrogen (secondary N) is 2. The lowest BCUT2D eigenvalue weighted by Gasteiger charge is -2.22. The molecule has 0 rings (SSSR count). The Morgan fingerprint density at radius 2 is 1.53 bits per heavy atom. The van der Waals surface area contributed by atoms with Gasteiger partial charge in [0.1, 0.15) is 5.54 Å². The zero-order valence-corrected chi connectivity index (χ0v) is 10.9. The zero-order valence-electron chi connectivity index (χ0n) is 10.9. The van der Waals surface area contributed by atoms with E-state index in [1.165, 1.54) is 13.8 Å². The van der Waals surface area contributed by atoms with Crippen molar-refractivity contribution in [1.82, 2.24) is 10.6 Å². The van der Waals surface area contributed by atoms with Crippen molar-refractivity contribution in [2.24, 2.45) is 5.41 Å². The maximum Gasteiger partial charge on any atom is 0.328 e. The van der Waals surface area contributed by atoms with Crippen LogP contribution in [0.3, 0.4) is 0 Å². The van der Waals surface area contributed by atoms with Gasteiger partial charge in [0.15, 0.2) is 0 Å². The third kappa shape index (κ3) is 5.33. The minimum atomic E-state index is -1.34. The van der Waals surface area contributed by atoms with Gasteiger partial charge in [-0.05, 0) is 13.8 Å². The second kappa shape index (κ2) is 5.16. The molecule has 17 heavy (non-hydrogen) atoms. The van der Waals surface area contributed by atoms with Crippen LogP contribution in [-0.4, -0.2) is 35.0 Å². The van der Waals surface area contributed by atoms with E-state index in [9.17, 15) is 14.4 Å². The second-order valence-corrected chi connectivity index (χ2v) is 5.41. The van der Waals surface area contributed by atoms with Crippen molar-refractivity contribution in [2.75, 3.05) is 6.54 Å². The van der Waals surface area contributed by atoms with Gasteiger partial charge >= 0.3 is 5.97 Å². The molecule has 0 aliphatic carbocycles. The first kappa shape index (κ1) is 15.4. The molecule has 6 nitrogen and oxygen atoms in total. The van der Waals surface area contributed by atoms with Crippen LogP contribution >= 0.6 is 0 Å². The van der Waals surface area contributed by atoms with E-state index in [-0.39, 0.29) is 12.5 Å². The summed E-state index contributed by atoms with van der Waals surface area (Å²) < 4.78 is 0. The molecule has 3 N–H and O–H groups in total. The predicted octanol–water partition coefficient (Wildman–Crippen LogP) is 0.128. The van der Waals surface area contributed by atoms with Gasteiger partial charge in [0.25, 0.3) is 0 Å². The van der Waals surface area contributed by atoms with Crippen LogP contribution in [0.4, 0.5) is 0 Å². The Balaban J connectivity index is 4.23. The molecule has 0 atom stereocenters. The Hall–Kier alpha value is -1.59. The van der Waals surface area contributed by atoms with Gasteiger partial charge in [0, 0.05) is 5.41 Å². The molecule has 0 fully saturated rings. The molecule has 0 radical (unpaired) electrons. The van der Waals surface area contributed by atoms with Gasteiger partial charge < -0.3 is 15.7 Å². The molecule has 0 heterocycles. The molecule has 0 aliphatic heterocycles. The van der Waals surface area contributed by atoms with E-state index in [0.29, 0.717) is 0 Å². The fourth-order valence-electron chi connectivity index (χ4n) is 0.872. The van der Waals surface area contributed by atoms with Crippen molar-refractivity contribution in [3.63, 3.8) is 0 Å². The summed E-state index contributed by atoms with van der Waals surface area (Å²) >= 11 is 0. The van der Waals surface area contributed by atoms with Crippen LogP contribution in [0.25, 0.3) is 0 Å². The first-order chi connectivity index (χ1) is 7.47. The fourth-order valence-corrected chi connectivity index (χ4v) is 0.872. The maximum absolute atomic E-state index is 11.5. The van der Waals surface area contributed by atoms with E-state index in [1.54, 1.807) is 20.8 Å². The lowest BCUT2D eigenvalue weighted by molar-refractivity contribution is -0.146. The fraction of sp³-hybridized carbons (Fsp3) is 0.727. The molecule has 0 aliphatic rings. The normalized spacial score (nSPS) is 11.8.